The fourth-order valence-electron chi connectivity index (χ4n) is 2.71. The molecule has 3 heteroatoms. The maximum absolute atomic E-state index is 13.8. The zero-order valence-electron chi connectivity index (χ0n) is 11.1. The quantitative estimate of drug-likeness (QED) is 0.787. The van der Waals surface area contributed by atoms with Crippen LogP contribution in [-0.2, 0) is 13.0 Å². The summed E-state index contributed by atoms with van der Waals surface area (Å²) < 4.78 is 13.8. The number of nitrogens with zero attached hydrogens (tertiary/aromatic N) is 2. The Balaban J connectivity index is 1.92. The van der Waals surface area contributed by atoms with Crippen molar-refractivity contribution in [3.05, 3.63) is 65.0 Å². The smallest absolute Gasteiger partial charge is 0.143 e. The van der Waals surface area contributed by atoms with E-state index in [2.05, 4.69) is 23.1 Å². The van der Waals surface area contributed by atoms with E-state index in [9.17, 15) is 4.39 Å². The van der Waals surface area contributed by atoms with Crippen molar-refractivity contribution in [2.24, 2.45) is 0 Å². The van der Waals surface area contributed by atoms with E-state index in [1.807, 2.05) is 18.2 Å². The van der Waals surface area contributed by atoms with Crippen molar-refractivity contribution in [3.63, 3.8) is 0 Å². The van der Waals surface area contributed by atoms with Gasteiger partial charge in [0.25, 0.3) is 0 Å². The lowest BCUT2D eigenvalue weighted by atomic mass is 10.0. The van der Waals surface area contributed by atoms with Crippen LogP contribution in [0.2, 0.25) is 0 Å². The average Bonchev–Trinajstić information content (AvgIpc) is 2.69. The lowest BCUT2D eigenvalue weighted by Crippen LogP contribution is -2.22. The second-order valence-corrected chi connectivity index (χ2v) is 5.07. The second-order valence-electron chi connectivity index (χ2n) is 5.07. The molecule has 0 saturated carbocycles. The predicted octanol–water partition coefficient (Wildman–Crippen LogP) is 3.65. The van der Waals surface area contributed by atoms with Gasteiger partial charge in [0.05, 0.1) is 5.56 Å². The van der Waals surface area contributed by atoms with Gasteiger partial charge in [-0.3, -0.25) is 0 Å². The highest BCUT2D eigenvalue weighted by atomic mass is 19.1. The molecule has 0 fully saturated rings. The van der Waals surface area contributed by atoms with Crippen LogP contribution in [0.3, 0.4) is 0 Å². The molecule has 0 N–H and O–H groups in total. The van der Waals surface area contributed by atoms with E-state index >= 15 is 0 Å². The summed E-state index contributed by atoms with van der Waals surface area (Å²) in [6.07, 6.45) is 2.12. The van der Waals surface area contributed by atoms with E-state index < -0.39 is 5.82 Å². The number of halogens is 1. The summed E-state index contributed by atoms with van der Waals surface area (Å²) in [4.78, 5) is 2.18. The van der Waals surface area contributed by atoms with Crippen molar-refractivity contribution in [3.8, 4) is 6.07 Å². The number of hydrogen-bond acceptors (Lipinski definition) is 2. The largest absolute Gasteiger partial charge is 0.367 e. The molecule has 0 aliphatic carbocycles. The highest BCUT2D eigenvalue weighted by Crippen LogP contribution is 2.25. The first-order valence-electron chi connectivity index (χ1n) is 6.79. The normalized spacial score (nSPS) is 14.3. The van der Waals surface area contributed by atoms with E-state index in [4.69, 9.17) is 5.26 Å². The van der Waals surface area contributed by atoms with Crippen LogP contribution in [0.25, 0.3) is 0 Å². The van der Waals surface area contributed by atoms with Gasteiger partial charge in [-0.1, -0.05) is 24.3 Å². The molecule has 0 amide bonds. The third-order valence-electron chi connectivity index (χ3n) is 3.79. The van der Waals surface area contributed by atoms with Crippen LogP contribution < -0.4 is 4.90 Å². The Morgan fingerprint density at radius 2 is 1.90 bits per heavy atom. The summed E-state index contributed by atoms with van der Waals surface area (Å²) in [5.74, 6) is -0.442. The Labute approximate surface area is 118 Å². The Hall–Kier alpha value is -2.34. The minimum absolute atomic E-state index is 0.101. The lowest BCUT2D eigenvalue weighted by Gasteiger charge is -2.23. The van der Waals surface area contributed by atoms with Gasteiger partial charge in [-0.25, -0.2) is 4.39 Å². The third-order valence-corrected chi connectivity index (χ3v) is 3.79. The SMILES string of the molecule is N#Cc1ccc(N2CCCc3ccccc3C2)cc1F. The third kappa shape index (κ3) is 2.37. The maximum Gasteiger partial charge on any atom is 0.143 e. The Bertz CT molecular complexity index is 673. The summed E-state index contributed by atoms with van der Waals surface area (Å²) in [5.41, 5.74) is 3.63. The minimum atomic E-state index is -0.442. The molecule has 1 aliphatic rings. The van der Waals surface area contributed by atoms with Gasteiger partial charge in [0, 0.05) is 18.8 Å². The highest BCUT2D eigenvalue weighted by molar-refractivity contribution is 5.51. The van der Waals surface area contributed by atoms with Gasteiger partial charge in [-0.05, 0) is 42.2 Å². The van der Waals surface area contributed by atoms with Crippen molar-refractivity contribution in [2.45, 2.75) is 19.4 Å². The Kier molecular flexibility index (Phi) is 3.39. The summed E-state index contributed by atoms with van der Waals surface area (Å²) in [7, 11) is 0. The van der Waals surface area contributed by atoms with Crippen LogP contribution in [0, 0.1) is 17.1 Å². The maximum atomic E-state index is 13.8. The molecule has 0 atom stereocenters. The molecule has 0 unspecified atom stereocenters. The average molecular weight is 266 g/mol. The summed E-state index contributed by atoms with van der Waals surface area (Å²) >= 11 is 0. The first-order valence-corrected chi connectivity index (χ1v) is 6.79. The molecule has 1 aliphatic heterocycles. The monoisotopic (exact) mass is 266 g/mol. The fraction of sp³-hybridized carbons (Fsp3) is 0.235. The van der Waals surface area contributed by atoms with Crippen LogP contribution in [0.5, 0.6) is 0 Å². The van der Waals surface area contributed by atoms with Gasteiger partial charge in [0.1, 0.15) is 11.9 Å². The van der Waals surface area contributed by atoms with Crippen molar-refractivity contribution in [1.29, 1.82) is 5.26 Å². The van der Waals surface area contributed by atoms with E-state index in [0.29, 0.717) is 0 Å². The van der Waals surface area contributed by atoms with E-state index in [1.165, 1.54) is 17.2 Å². The molecule has 0 aromatic heterocycles. The van der Waals surface area contributed by atoms with Crippen LogP contribution in [0.15, 0.2) is 42.5 Å². The van der Waals surface area contributed by atoms with Crippen molar-refractivity contribution >= 4 is 5.69 Å². The number of hydrogen-bond donors (Lipinski definition) is 0. The van der Waals surface area contributed by atoms with Crippen LogP contribution in [0.4, 0.5) is 10.1 Å². The van der Waals surface area contributed by atoms with Gasteiger partial charge in [0.15, 0.2) is 0 Å². The van der Waals surface area contributed by atoms with Gasteiger partial charge >= 0.3 is 0 Å². The second kappa shape index (κ2) is 5.34. The van der Waals surface area contributed by atoms with E-state index in [1.54, 1.807) is 6.07 Å². The van der Waals surface area contributed by atoms with Gasteiger partial charge in [-0.15, -0.1) is 0 Å². The molecule has 100 valence electrons. The lowest BCUT2D eigenvalue weighted by molar-refractivity contribution is 0.622. The Morgan fingerprint density at radius 3 is 2.65 bits per heavy atom. The number of nitriles is 1. The Morgan fingerprint density at radius 1 is 1.10 bits per heavy atom. The number of benzene rings is 2. The molecule has 0 spiro atoms. The molecule has 1 heterocycles. The summed E-state index contributed by atoms with van der Waals surface area (Å²) in [6.45, 7) is 1.70. The standard InChI is InChI=1S/C17H15FN2/c18-17-10-16(8-7-14(17)11-19)20-9-3-6-13-4-1-2-5-15(13)12-20/h1-2,4-5,7-8,10H,3,6,9,12H2. The zero-order chi connectivity index (χ0) is 13.9. The predicted molar refractivity (Wildman–Crippen MR) is 76.9 cm³/mol. The summed E-state index contributed by atoms with van der Waals surface area (Å²) in [5, 5.41) is 8.79. The van der Waals surface area contributed by atoms with Gasteiger partial charge in [-0.2, -0.15) is 5.26 Å². The molecule has 3 rings (SSSR count). The van der Waals surface area contributed by atoms with Crippen LogP contribution >= 0.6 is 0 Å². The first kappa shape index (κ1) is 12.7. The number of rotatable bonds is 1. The van der Waals surface area contributed by atoms with E-state index in [-0.39, 0.29) is 5.56 Å². The van der Waals surface area contributed by atoms with Crippen LogP contribution in [0.1, 0.15) is 23.1 Å². The van der Waals surface area contributed by atoms with E-state index in [0.717, 1.165) is 31.6 Å². The molecule has 0 bridgehead atoms. The topological polar surface area (TPSA) is 27.0 Å². The molecule has 0 radical (unpaired) electrons. The fourth-order valence-corrected chi connectivity index (χ4v) is 2.71. The number of anilines is 1. The number of aryl methyl sites for hydroxylation is 1. The molecule has 2 aromatic carbocycles. The number of fused-ring (bicyclic) bond motifs is 1. The molecule has 0 saturated heterocycles. The zero-order valence-corrected chi connectivity index (χ0v) is 11.1. The van der Waals surface area contributed by atoms with Crippen LogP contribution in [-0.4, -0.2) is 6.54 Å². The highest BCUT2D eigenvalue weighted by Gasteiger charge is 2.15. The minimum Gasteiger partial charge on any atom is -0.367 e. The molecular weight excluding hydrogens is 251 g/mol. The molecule has 20 heavy (non-hydrogen) atoms. The summed E-state index contributed by atoms with van der Waals surface area (Å²) in [6, 6.07) is 15.1. The molecule has 2 aromatic rings. The molecular formula is C17H15FN2. The van der Waals surface area contributed by atoms with Crippen molar-refractivity contribution in [1.82, 2.24) is 0 Å². The molecule has 2 nitrogen and oxygen atoms in total. The first-order chi connectivity index (χ1) is 9.78. The van der Waals surface area contributed by atoms with Crippen molar-refractivity contribution in [2.75, 3.05) is 11.4 Å². The van der Waals surface area contributed by atoms with Crippen molar-refractivity contribution < 1.29 is 4.39 Å². The van der Waals surface area contributed by atoms with Gasteiger partial charge in [0.2, 0.25) is 0 Å². The van der Waals surface area contributed by atoms with Gasteiger partial charge < -0.3 is 4.90 Å².